The van der Waals surface area contributed by atoms with Gasteiger partial charge in [0.2, 0.25) is 0 Å². The van der Waals surface area contributed by atoms with E-state index in [1.807, 2.05) is 24.3 Å². The van der Waals surface area contributed by atoms with E-state index in [-0.39, 0.29) is 6.04 Å². The molecule has 2 heteroatoms. The molecule has 2 rings (SSSR count). The molecule has 1 heterocycles. The average Bonchev–Trinajstić information content (AvgIpc) is 2.18. The van der Waals surface area contributed by atoms with Crippen molar-refractivity contribution in [3.05, 3.63) is 35.9 Å². The van der Waals surface area contributed by atoms with Gasteiger partial charge in [0.1, 0.15) is 5.69 Å². The number of para-hydroxylation sites is 1. The second-order valence-electron chi connectivity index (χ2n) is 4.08. The molecule has 0 N–H and O–H groups in total. The molecule has 1 aliphatic heterocycles. The van der Waals surface area contributed by atoms with Gasteiger partial charge in [-0.15, -0.1) is 0 Å². The van der Waals surface area contributed by atoms with Crippen LogP contribution in [0.4, 0.5) is 5.69 Å². The summed E-state index contributed by atoms with van der Waals surface area (Å²) in [6.45, 7) is 0. The Labute approximate surface area is 84.1 Å². The summed E-state index contributed by atoms with van der Waals surface area (Å²) in [6.07, 6.45) is 5.00. The van der Waals surface area contributed by atoms with Crippen molar-refractivity contribution < 1.29 is 4.79 Å². The second kappa shape index (κ2) is 3.07. The van der Waals surface area contributed by atoms with Gasteiger partial charge in [0.25, 0.3) is 0 Å². The molecule has 0 aromatic heterocycles. The monoisotopic (exact) mass is 188 g/mol. The minimum absolute atomic E-state index is 0.0649. The maximum Gasteiger partial charge on any atom is 0.181 e. The van der Waals surface area contributed by atoms with E-state index in [0.717, 1.165) is 6.29 Å². The predicted octanol–water partition coefficient (Wildman–Crippen LogP) is 1.85. The van der Waals surface area contributed by atoms with E-state index >= 15 is 0 Å². The molecule has 0 spiro atoms. The molecule has 72 valence electrons. The number of carbonyl (C=O) groups excluding carboxylic acids is 1. The van der Waals surface area contributed by atoms with Gasteiger partial charge in [0.05, 0.1) is 14.1 Å². The second-order valence-corrected chi connectivity index (χ2v) is 4.08. The van der Waals surface area contributed by atoms with Crippen LogP contribution in [-0.4, -0.2) is 26.4 Å². The molecule has 2 nitrogen and oxygen atoms in total. The van der Waals surface area contributed by atoms with E-state index in [1.54, 1.807) is 0 Å². The molecule has 1 aliphatic rings. The lowest BCUT2D eigenvalue weighted by molar-refractivity contribution is -0.110. The Kier molecular flexibility index (Phi) is 2.01. The number of hydrogen-bond acceptors (Lipinski definition) is 1. The number of carbonyl (C=O) groups is 1. The van der Waals surface area contributed by atoms with E-state index in [2.05, 4.69) is 26.2 Å². The number of likely N-dealkylation sites (N-methyl/N-ethyl adjacent to an activating group) is 1. The first-order chi connectivity index (χ1) is 6.66. The first-order valence-electron chi connectivity index (χ1n) is 4.73. The number of rotatable bonds is 1. The first kappa shape index (κ1) is 9.16. The average molecular weight is 188 g/mol. The molecule has 0 aliphatic carbocycles. The molecular weight excluding hydrogens is 174 g/mol. The normalized spacial score (nSPS) is 22.9. The molecule has 1 atom stereocenters. The highest BCUT2D eigenvalue weighted by Gasteiger charge is 2.32. The number of hydrogen-bond donors (Lipinski definition) is 0. The van der Waals surface area contributed by atoms with Crippen LogP contribution in [0.5, 0.6) is 0 Å². The maximum atomic E-state index is 10.9. The lowest BCUT2D eigenvalue weighted by Crippen LogP contribution is -2.51. The summed E-state index contributed by atoms with van der Waals surface area (Å²) >= 11 is 0. The van der Waals surface area contributed by atoms with Gasteiger partial charge >= 0.3 is 0 Å². The summed E-state index contributed by atoms with van der Waals surface area (Å²) in [5, 5.41) is 0. The molecule has 0 bridgehead atoms. The summed E-state index contributed by atoms with van der Waals surface area (Å²) in [5.41, 5.74) is 2.41. The van der Waals surface area contributed by atoms with Gasteiger partial charge in [-0.2, -0.15) is 0 Å². The number of fused-ring (bicyclic) bond motifs is 1. The van der Waals surface area contributed by atoms with Gasteiger partial charge in [-0.3, -0.25) is 9.28 Å². The maximum absolute atomic E-state index is 10.9. The molecule has 0 radical (unpaired) electrons. The Morgan fingerprint density at radius 1 is 1.29 bits per heavy atom. The van der Waals surface area contributed by atoms with Crippen LogP contribution in [-0.2, 0) is 4.79 Å². The zero-order valence-electron chi connectivity index (χ0n) is 8.47. The van der Waals surface area contributed by atoms with Gasteiger partial charge in [-0.1, -0.05) is 12.1 Å². The van der Waals surface area contributed by atoms with Crippen LogP contribution in [0.2, 0.25) is 0 Å². The Morgan fingerprint density at radius 3 is 2.71 bits per heavy atom. The van der Waals surface area contributed by atoms with Crippen molar-refractivity contribution in [2.24, 2.45) is 0 Å². The molecule has 14 heavy (non-hydrogen) atoms. The van der Waals surface area contributed by atoms with Crippen molar-refractivity contribution in [3.8, 4) is 0 Å². The number of nitrogens with zero attached hydrogens (tertiary/aromatic N) is 1. The van der Waals surface area contributed by atoms with Crippen LogP contribution < -0.4 is 4.48 Å². The minimum Gasteiger partial charge on any atom is -0.296 e. The Balaban J connectivity index is 2.59. The molecule has 1 unspecified atom stereocenters. The van der Waals surface area contributed by atoms with E-state index < -0.39 is 0 Å². The predicted molar refractivity (Wildman–Crippen MR) is 59.0 cm³/mol. The van der Waals surface area contributed by atoms with Gasteiger partial charge < -0.3 is 0 Å². The van der Waals surface area contributed by atoms with Gasteiger partial charge in [-0.25, -0.2) is 0 Å². The van der Waals surface area contributed by atoms with Gasteiger partial charge in [-0.05, 0) is 24.3 Å². The van der Waals surface area contributed by atoms with E-state index in [9.17, 15) is 4.79 Å². The van der Waals surface area contributed by atoms with Crippen LogP contribution in [0, 0.1) is 0 Å². The van der Waals surface area contributed by atoms with Crippen LogP contribution in [0.25, 0.3) is 6.08 Å². The van der Waals surface area contributed by atoms with Crippen LogP contribution in [0.1, 0.15) is 5.56 Å². The van der Waals surface area contributed by atoms with E-state index in [4.69, 9.17) is 0 Å². The lowest BCUT2D eigenvalue weighted by Gasteiger charge is -2.36. The van der Waals surface area contributed by atoms with Crippen LogP contribution in [0.3, 0.4) is 0 Å². The van der Waals surface area contributed by atoms with Crippen molar-refractivity contribution >= 4 is 18.0 Å². The highest BCUT2D eigenvalue weighted by Crippen LogP contribution is 2.31. The van der Waals surface area contributed by atoms with Crippen molar-refractivity contribution in [3.63, 3.8) is 0 Å². The van der Waals surface area contributed by atoms with Crippen molar-refractivity contribution in [2.75, 3.05) is 14.1 Å². The fourth-order valence-electron chi connectivity index (χ4n) is 1.93. The first-order valence-corrected chi connectivity index (χ1v) is 4.73. The third-order valence-electron chi connectivity index (χ3n) is 2.92. The summed E-state index contributed by atoms with van der Waals surface area (Å²) < 4.78 is 0.607. The van der Waals surface area contributed by atoms with Crippen molar-refractivity contribution in [2.45, 2.75) is 6.04 Å². The van der Waals surface area contributed by atoms with Crippen LogP contribution in [0.15, 0.2) is 30.3 Å². The molecule has 0 fully saturated rings. The Hall–Kier alpha value is -1.41. The molecule has 0 saturated carbocycles. The van der Waals surface area contributed by atoms with Crippen molar-refractivity contribution in [1.29, 1.82) is 0 Å². The molecular formula is C12H14NO+. The molecule has 0 saturated heterocycles. The third kappa shape index (κ3) is 1.19. The fraction of sp³-hybridized carbons (Fsp3) is 0.250. The van der Waals surface area contributed by atoms with Crippen LogP contribution >= 0.6 is 0 Å². The number of aldehydes is 1. The highest BCUT2D eigenvalue weighted by molar-refractivity contribution is 5.77. The molecule has 0 amide bonds. The Morgan fingerprint density at radius 2 is 2.00 bits per heavy atom. The Bertz CT molecular complexity index is 393. The molecule has 1 aromatic rings. The summed E-state index contributed by atoms with van der Waals surface area (Å²) in [4.78, 5) is 10.9. The highest BCUT2D eigenvalue weighted by atomic mass is 16.1. The number of quaternary nitrogens is 1. The summed E-state index contributed by atoms with van der Waals surface area (Å²) in [7, 11) is 4.11. The topological polar surface area (TPSA) is 17.1 Å². The van der Waals surface area contributed by atoms with E-state index in [0.29, 0.717) is 4.48 Å². The zero-order chi connectivity index (χ0) is 10.2. The number of benzene rings is 1. The largest absolute Gasteiger partial charge is 0.296 e. The van der Waals surface area contributed by atoms with E-state index in [1.165, 1.54) is 11.3 Å². The van der Waals surface area contributed by atoms with Gasteiger partial charge in [0, 0.05) is 5.56 Å². The summed E-state index contributed by atoms with van der Waals surface area (Å²) in [5.74, 6) is 0. The standard InChI is InChI=1S/C12H14NO/c1-13(2)11(9-14)8-7-10-5-3-4-6-12(10)13/h3-9,11H,1-2H3/q+1. The molecule has 1 aromatic carbocycles. The van der Waals surface area contributed by atoms with Crippen molar-refractivity contribution in [1.82, 2.24) is 4.48 Å². The smallest absolute Gasteiger partial charge is 0.181 e. The third-order valence-corrected chi connectivity index (χ3v) is 2.92. The zero-order valence-corrected chi connectivity index (χ0v) is 8.47. The quantitative estimate of drug-likeness (QED) is 0.485. The SMILES string of the molecule is C[N+]1(C)c2ccccc2C=CC1C=O. The minimum atomic E-state index is -0.0649. The summed E-state index contributed by atoms with van der Waals surface area (Å²) in [6, 6.07) is 8.12. The lowest BCUT2D eigenvalue weighted by atomic mass is 10.0. The fourth-order valence-corrected chi connectivity index (χ4v) is 1.93. The van der Waals surface area contributed by atoms with Gasteiger partial charge in [0.15, 0.2) is 12.3 Å².